The number of fused-ring (bicyclic) bond motifs is 4. The van der Waals surface area contributed by atoms with Gasteiger partial charge in [-0.15, -0.1) is 0 Å². The first kappa shape index (κ1) is 57.8. The number of rotatable bonds is 8. The summed E-state index contributed by atoms with van der Waals surface area (Å²) in [5, 5.41) is 3.98. The summed E-state index contributed by atoms with van der Waals surface area (Å²) in [5.41, 5.74) is 33.4. The summed E-state index contributed by atoms with van der Waals surface area (Å²) in [4.78, 5) is 37.8. The number of alkyl halides is 2. The number of halogens is 6. The molecule has 0 bridgehead atoms. The minimum atomic E-state index is 0.331. The lowest BCUT2D eigenvalue weighted by Crippen LogP contribution is -2.05. The first-order chi connectivity index (χ1) is 38.8. The molecule has 0 fully saturated rings. The van der Waals surface area contributed by atoms with Crippen molar-refractivity contribution >= 4 is 122 Å². The van der Waals surface area contributed by atoms with Crippen LogP contribution in [-0.4, -0.2) is 39.9 Å². The molecule has 0 spiro atoms. The maximum absolute atomic E-state index is 6.30. The zero-order valence-electron chi connectivity index (χ0n) is 44.0. The molecule has 4 N–H and O–H groups in total. The van der Waals surface area contributed by atoms with E-state index in [4.69, 9.17) is 87.8 Å². The molecule has 12 aromatic rings. The molecule has 0 aliphatic carbocycles. The third kappa shape index (κ3) is 12.8. The molecule has 0 unspecified atom stereocenters. The van der Waals surface area contributed by atoms with Crippen LogP contribution in [-0.2, 0) is 23.7 Å². The molecule has 4 heterocycles. The van der Waals surface area contributed by atoms with Gasteiger partial charge in [-0.1, -0.05) is 200 Å². The van der Waals surface area contributed by atoms with Crippen molar-refractivity contribution in [1.29, 1.82) is 0 Å². The molecular formula is C64H52Br2Cl4N10. The van der Waals surface area contributed by atoms with Crippen LogP contribution in [0.5, 0.6) is 0 Å². The van der Waals surface area contributed by atoms with E-state index < -0.39 is 0 Å². The van der Waals surface area contributed by atoms with E-state index in [-0.39, 0.29) is 0 Å². The highest BCUT2D eigenvalue weighted by Gasteiger charge is 2.18. The third-order valence-electron chi connectivity index (χ3n) is 13.0. The molecule has 0 saturated heterocycles. The quantitative estimate of drug-likeness (QED) is 0.140. The van der Waals surface area contributed by atoms with Gasteiger partial charge in [0.05, 0.1) is 110 Å². The summed E-state index contributed by atoms with van der Waals surface area (Å²) in [6.45, 7) is 8.79. The molecule has 0 saturated carbocycles. The van der Waals surface area contributed by atoms with Crippen LogP contribution in [0.1, 0.15) is 45.0 Å². The van der Waals surface area contributed by atoms with Gasteiger partial charge in [0.25, 0.3) is 0 Å². The predicted molar refractivity (Wildman–Crippen MR) is 340 cm³/mol. The topological polar surface area (TPSA) is 155 Å². The van der Waals surface area contributed by atoms with Crippen molar-refractivity contribution in [3.8, 4) is 45.0 Å². The second kappa shape index (κ2) is 26.6. The smallest absolute Gasteiger partial charge is 0.0953 e. The number of aromatic nitrogens is 8. The Kier molecular flexibility index (Phi) is 19.2. The Hall–Kier alpha value is -6.84. The monoisotopic (exact) mass is 1260 g/mol. The lowest BCUT2D eigenvalue weighted by molar-refractivity contribution is 0.990. The SMILES string of the molecule is Cc1cccc2nc(-c3ccccc3Cl)c(CBr)nc12.Cc1cccc2nc(-c3ccccc3Cl)c(CN)nc12.Cc1cccc2nc(CBr)c(-c3ccccc3Cl)nc12.Cc1cccc2nc(CN)c(-c3ccccc3Cl)nc12. The number of hydrogen-bond acceptors (Lipinski definition) is 10. The van der Waals surface area contributed by atoms with Crippen molar-refractivity contribution in [1.82, 2.24) is 39.9 Å². The van der Waals surface area contributed by atoms with Crippen LogP contribution >= 0.6 is 78.3 Å². The Morgan fingerprint density at radius 2 is 0.550 bits per heavy atom. The van der Waals surface area contributed by atoms with Crippen molar-refractivity contribution in [3.63, 3.8) is 0 Å². The molecule has 4 aromatic heterocycles. The molecule has 0 atom stereocenters. The van der Waals surface area contributed by atoms with Crippen LogP contribution in [0, 0.1) is 27.7 Å². The molecule has 0 amide bonds. The molecule has 0 aliphatic rings. The van der Waals surface area contributed by atoms with E-state index in [9.17, 15) is 0 Å². The molecule has 8 aromatic carbocycles. The largest absolute Gasteiger partial charge is 0.325 e. The van der Waals surface area contributed by atoms with Gasteiger partial charge in [-0.05, 0) is 98.5 Å². The summed E-state index contributed by atoms with van der Waals surface area (Å²) in [7, 11) is 0. The minimum Gasteiger partial charge on any atom is -0.325 e. The zero-order chi connectivity index (χ0) is 56.5. The van der Waals surface area contributed by atoms with Gasteiger partial charge in [0.2, 0.25) is 0 Å². The average Bonchev–Trinajstić information content (AvgIpc) is 3.55. The highest BCUT2D eigenvalue weighted by Crippen LogP contribution is 2.35. The third-order valence-corrected chi connectivity index (χ3v) is 15.4. The molecule has 0 radical (unpaired) electrons. The summed E-state index contributed by atoms with van der Waals surface area (Å²) >= 11 is 32.1. The van der Waals surface area contributed by atoms with Crippen LogP contribution in [0.2, 0.25) is 20.1 Å². The summed E-state index contributed by atoms with van der Waals surface area (Å²) in [6, 6.07) is 54.6. The molecule has 0 aliphatic heterocycles. The van der Waals surface area contributed by atoms with Crippen molar-refractivity contribution in [2.24, 2.45) is 11.5 Å². The van der Waals surface area contributed by atoms with Crippen LogP contribution in [0.3, 0.4) is 0 Å². The van der Waals surface area contributed by atoms with E-state index in [1.54, 1.807) is 0 Å². The summed E-state index contributed by atoms with van der Waals surface area (Å²) in [5.74, 6) is 0. The first-order valence-corrected chi connectivity index (χ1v) is 29.1. The summed E-state index contributed by atoms with van der Waals surface area (Å²) < 4.78 is 0. The Balaban J connectivity index is 0.000000129. The first-order valence-electron chi connectivity index (χ1n) is 25.4. The normalized spacial score (nSPS) is 10.9. The van der Waals surface area contributed by atoms with Gasteiger partial charge in [-0.2, -0.15) is 0 Å². The van der Waals surface area contributed by atoms with Gasteiger partial charge < -0.3 is 11.5 Å². The number of aryl methyl sites for hydroxylation is 4. The van der Waals surface area contributed by atoms with Crippen molar-refractivity contribution in [2.45, 2.75) is 51.4 Å². The molecule has 80 heavy (non-hydrogen) atoms. The van der Waals surface area contributed by atoms with Gasteiger partial charge in [0.1, 0.15) is 0 Å². The number of benzene rings is 8. The second-order valence-electron chi connectivity index (χ2n) is 18.4. The predicted octanol–water partition coefficient (Wildman–Crippen LogP) is 17.7. The maximum Gasteiger partial charge on any atom is 0.0953 e. The lowest BCUT2D eigenvalue weighted by atomic mass is 10.1. The fraction of sp³-hybridized carbons (Fsp3) is 0.125. The fourth-order valence-corrected chi connectivity index (χ4v) is 10.6. The van der Waals surface area contributed by atoms with Crippen molar-refractivity contribution in [3.05, 3.63) is 235 Å². The van der Waals surface area contributed by atoms with Gasteiger partial charge in [0, 0.05) is 46.0 Å². The minimum absolute atomic E-state index is 0.331. The van der Waals surface area contributed by atoms with E-state index in [0.29, 0.717) is 43.8 Å². The highest BCUT2D eigenvalue weighted by atomic mass is 79.9. The number of nitrogens with two attached hydrogens (primary N) is 2. The highest BCUT2D eigenvalue weighted by molar-refractivity contribution is 9.08. The zero-order valence-corrected chi connectivity index (χ0v) is 50.2. The van der Waals surface area contributed by atoms with Crippen LogP contribution < -0.4 is 11.5 Å². The maximum atomic E-state index is 6.30. The molecule has 10 nitrogen and oxygen atoms in total. The van der Waals surface area contributed by atoms with Crippen molar-refractivity contribution < 1.29 is 0 Å². The number of nitrogens with zero attached hydrogens (tertiary/aromatic N) is 8. The van der Waals surface area contributed by atoms with E-state index >= 15 is 0 Å². The second-order valence-corrected chi connectivity index (χ2v) is 21.2. The Morgan fingerprint density at radius 3 is 0.887 bits per heavy atom. The van der Waals surface area contributed by atoms with Gasteiger partial charge in [-0.25, -0.2) is 39.9 Å². The molecular weight excluding hydrogens is 1210 g/mol. The number of para-hydroxylation sites is 4. The van der Waals surface area contributed by atoms with E-state index in [0.717, 1.165) is 134 Å². The van der Waals surface area contributed by atoms with Gasteiger partial charge in [-0.3, -0.25) is 0 Å². The van der Waals surface area contributed by atoms with Crippen LogP contribution in [0.25, 0.3) is 89.2 Å². The Bertz CT molecular complexity index is 3950. The average molecular weight is 1260 g/mol. The van der Waals surface area contributed by atoms with E-state index in [2.05, 4.69) is 41.8 Å². The molecule has 400 valence electrons. The standard InChI is InChI=1S/2C16H12BrClN2.2C16H14ClN3/c1-10-5-4-8-13-15(10)20-14(9-17)16(19-13)11-6-2-3-7-12(11)18;1-10-5-4-8-13-15(10)20-16(14(9-17)19-13)11-6-2-3-7-12(11)18;1-10-5-4-8-13-15(10)20-14(9-18)16(19-13)11-6-2-3-7-12(11)17;1-10-5-4-8-13-15(10)20-16(14(9-18)19-13)11-6-2-3-7-12(11)17/h2*2-8H,9H2,1H3;2*2-8H,9,18H2,1H3. The van der Waals surface area contributed by atoms with Crippen LogP contribution in [0.15, 0.2) is 170 Å². The van der Waals surface area contributed by atoms with Gasteiger partial charge >= 0.3 is 0 Å². The Labute approximate surface area is 501 Å². The fourth-order valence-electron chi connectivity index (χ4n) is 8.96. The Morgan fingerprint density at radius 1 is 0.300 bits per heavy atom. The van der Waals surface area contributed by atoms with Gasteiger partial charge in [0.15, 0.2) is 0 Å². The lowest BCUT2D eigenvalue weighted by Gasteiger charge is -2.11. The van der Waals surface area contributed by atoms with E-state index in [1.807, 2.05) is 198 Å². The number of hydrogen-bond donors (Lipinski definition) is 2. The van der Waals surface area contributed by atoms with Crippen LogP contribution in [0.4, 0.5) is 0 Å². The van der Waals surface area contributed by atoms with E-state index in [1.165, 1.54) is 0 Å². The molecule has 12 rings (SSSR count). The van der Waals surface area contributed by atoms with Crippen molar-refractivity contribution in [2.75, 3.05) is 0 Å². The summed E-state index contributed by atoms with van der Waals surface area (Å²) in [6.07, 6.45) is 0. The molecule has 16 heteroatoms.